The van der Waals surface area contributed by atoms with Gasteiger partial charge in [0.25, 0.3) is 5.56 Å². The second-order valence-corrected chi connectivity index (χ2v) is 7.96. The van der Waals surface area contributed by atoms with Gasteiger partial charge in [0.05, 0.1) is 29.1 Å². The van der Waals surface area contributed by atoms with Crippen molar-refractivity contribution in [3.63, 3.8) is 0 Å². The van der Waals surface area contributed by atoms with Crippen molar-refractivity contribution in [3.05, 3.63) is 64.2 Å². The molecule has 4 aromatic rings. The van der Waals surface area contributed by atoms with Crippen LogP contribution in [0.5, 0.6) is 5.75 Å². The Morgan fingerprint density at radius 3 is 2.81 bits per heavy atom. The Labute approximate surface area is 184 Å². The van der Waals surface area contributed by atoms with E-state index in [1.807, 2.05) is 37.4 Å². The summed E-state index contributed by atoms with van der Waals surface area (Å²) in [6, 6.07) is 13.5. The third-order valence-corrected chi connectivity index (χ3v) is 6.05. The van der Waals surface area contributed by atoms with Crippen molar-refractivity contribution < 1.29 is 4.74 Å². The second-order valence-electron chi connectivity index (χ2n) is 7.96. The van der Waals surface area contributed by atoms with Crippen molar-refractivity contribution in [3.8, 4) is 34.2 Å². The predicted molar refractivity (Wildman–Crippen MR) is 121 cm³/mol. The first-order valence-corrected chi connectivity index (χ1v) is 10.5. The Morgan fingerprint density at radius 2 is 2.09 bits per heavy atom. The average molecular weight is 426 g/mol. The normalized spacial score (nSPS) is 13.7. The van der Waals surface area contributed by atoms with Gasteiger partial charge < -0.3 is 10.5 Å². The molecule has 2 heterocycles. The molecule has 0 amide bonds. The number of hydrogen-bond acceptors (Lipinski definition) is 6. The van der Waals surface area contributed by atoms with Gasteiger partial charge in [-0.3, -0.25) is 9.48 Å². The number of hydrogen-bond donors (Lipinski definition) is 2. The molecule has 32 heavy (non-hydrogen) atoms. The van der Waals surface area contributed by atoms with Crippen LogP contribution in [-0.2, 0) is 13.6 Å². The minimum atomic E-state index is -0.261. The molecule has 0 radical (unpaired) electrons. The molecule has 0 atom stereocenters. The molecule has 8 heteroatoms. The molecule has 0 bridgehead atoms. The van der Waals surface area contributed by atoms with Gasteiger partial charge >= 0.3 is 0 Å². The highest BCUT2D eigenvalue weighted by Gasteiger charge is 2.23. The number of aromatic amines is 1. The average Bonchev–Trinajstić information content (AvgIpc) is 3.17. The standard InChI is InChI=1S/C24H22N6O2/c1-30-23(16-6-3-7-22(19(16)11-25)32-15-4-2-5-15)20(13-27-30)14-8-9-17-18(10-14)21(12-26)28-29-24(17)31/h3,6-10,13,15H,2,4-5,12,26H2,1H3,(H,29,31). The minimum Gasteiger partial charge on any atom is -0.489 e. The Balaban J connectivity index is 1.68. The van der Waals surface area contributed by atoms with Crippen LogP contribution in [0.4, 0.5) is 0 Å². The molecule has 160 valence electrons. The quantitative estimate of drug-likeness (QED) is 0.505. The van der Waals surface area contributed by atoms with E-state index in [9.17, 15) is 10.1 Å². The van der Waals surface area contributed by atoms with E-state index in [0.29, 0.717) is 27.8 Å². The third kappa shape index (κ3) is 3.24. The van der Waals surface area contributed by atoms with E-state index in [1.54, 1.807) is 16.9 Å². The molecule has 2 aromatic heterocycles. The SMILES string of the molecule is Cn1ncc(-c2ccc3c(=O)[nH]nc(CN)c3c2)c1-c1cccc(OC2CCC2)c1C#N. The summed E-state index contributed by atoms with van der Waals surface area (Å²) in [5, 5.41) is 22.2. The summed E-state index contributed by atoms with van der Waals surface area (Å²) in [4.78, 5) is 12.2. The smallest absolute Gasteiger partial charge is 0.272 e. The summed E-state index contributed by atoms with van der Waals surface area (Å²) in [5.74, 6) is 0.599. The number of nitrogens with zero attached hydrogens (tertiary/aromatic N) is 4. The van der Waals surface area contributed by atoms with Crippen LogP contribution >= 0.6 is 0 Å². The fourth-order valence-electron chi connectivity index (χ4n) is 4.12. The van der Waals surface area contributed by atoms with E-state index >= 15 is 0 Å². The summed E-state index contributed by atoms with van der Waals surface area (Å²) in [5.41, 5.74) is 9.93. The topological polar surface area (TPSA) is 123 Å². The number of H-pyrrole nitrogens is 1. The van der Waals surface area contributed by atoms with E-state index in [1.165, 1.54) is 0 Å². The molecule has 1 fully saturated rings. The van der Waals surface area contributed by atoms with Crippen LogP contribution in [0.25, 0.3) is 33.2 Å². The molecule has 3 N–H and O–H groups in total. The minimum absolute atomic E-state index is 0.170. The molecule has 0 aliphatic heterocycles. The van der Waals surface area contributed by atoms with Crippen molar-refractivity contribution in [2.24, 2.45) is 12.8 Å². The Kier molecular flexibility index (Phi) is 4.96. The summed E-state index contributed by atoms with van der Waals surface area (Å²) >= 11 is 0. The molecule has 5 rings (SSSR count). The van der Waals surface area contributed by atoms with E-state index in [4.69, 9.17) is 10.5 Å². The van der Waals surface area contributed by atoms with Gasteiger partial charge in [0.1, 0.15) is 17.4 Å². The summed E-state index contributed by atoms with van der Waals surface area (Å²) in [6.45, 7) is 0.204. The summed E-state index contributed by atoms with van der Waals surface area (Å²) in [7, 11) is 1.85. The lowest BCUT2D eigenvalue weighted by Crippen LogP contribution is -2.25. The lowest BCUT2D eigenvalue weighted by molar-refractivity contribution is 0.120. The lowest BCUT2D eigenvalue weighted by atomic mass is 9.94. The highest BCUT2D eigenvalue weighted by atomic mass is 16.5. The van der Waals surface area contributed by atoms with E-state index in [2.05, 4.69) is 21.4 Å². The highest BCUT2D eigenvalue weighted by molar-refractivity contribution is 5.92. The zero-order valence-corrected chi connectivity index (χ0v) is 17.6. The molecule has 2 aromatic carbocycles. The Hall–Kier alpha value is -3.96. The van der Waals surface area contributed by atoms with E-state index < -0.39 is 0 Å². The van der Waals surface area contributed by atoms with Crippen LogP contribution in [-0.4, -0.2) is 26.1 Å². The highest BCUT2D eigenvalue weighted by Crippen LogP contribution is 2.38. The molecule has 0 unspecified atom stereocenters. The maximum atomic E-state index is 12.2. The van der Waals surface area contributed by atoms with Crippen molar-refractivity contribution in [1.82, 2.24) is 20.0 Å². The monoisotopic (exact) mass is 426 g/mol. The Morgan fingerprint density at radius 1 is 1.25 bits per heavy atom. The van der Waals surface area contributed by atoms with Crippen molar-refractivity contribution >= 4 is 10.8 Å². The largest absolute Gasteiger partial charge is 0.489 e. The van der Waals surface area contributed by atoms with Crippen molar-refractivity contribution in [2.75, 3.05) is 0 Å². The number of aryl methyl sites for hydroxylation is 1. The van der Waals surface area contributed by atoms with E-state index in [0.717, 1.165) is 41.6 Å². The van der Waals surface area contributed by atoms with Gasteiger partial charge in [-0.2, -0.15) is 15.5 Å². The van der Waals surface area contributed by atoms with Gasteiger partial charge in [0.15, 0.2) is 0 Å². The molecule has 1 saturated carbocycles. The number of aromatic nitrogens is 4. The zero-order chi connectivity index (χ0) is 22.2. The second kappa shape index (κ2) is 7.94. The number of nitrogens with two attached hydrogens (primary N) is 1. The lowest BCUT2D eigenvalue weighted by Gasteiger charge is -2.27. The third-order valence-electron chi connectivity index (χ3n) is 6.05. The van der Waals surface area contributed by atoms with Crippen LogP contribution in [0.15, 0.2) is 47.4 Å². The van der Waals surface area contributed by atoms with Crippen LogP contribution in [0, 0.1) is 11.3 Å². The molecule has 1 aliphatic rings. The Bertz CT molecular complexity index is 1420. The van der Waals surface area contributed by atoms with Crippen LogP contribution in [0.2, 0.25) is 0 Å². The van der Waals surface area contributed by atoms with Crippen LogP contribution in [0.3, 0.4) is 0 Å². The van der Waals surface area contributed by atoms with Gasteiger partial charge in [-0.1, -0.05) is 18.2 Å². The van der Waals surface area contributed by atoms with Crippen molar-refractivity contribution in [1.29, 1.82) is 5.26 Å². The summed E-state index contributed by atoms with van der Waals surface area (Å²) < 4.78 is 7.84. The molecular formula is C24H22N6O2. The molecule has 8 nitrogen and oxygen atoms in total. The van der Waals surface area contributed by atoms with Gasteiger partial charge in [-0.15, -0.1) is 0 Å². The van der Waals surface area contributed by atoms with Gasteiger partial charge in [-0.25, -0.2) is 5.10 Å². The first-order chi connectivity index (χ1) is 15.6. The molecule has 1 aliphatic carbocycles. The number of benzene rings is 2. The molecule has 0 spiro atoms. The first-order valence-electron chi connectivity index (χ1n) is 10.5. The first kappa shape index (κ1) is 20.0. The molecular weight excluding hydrogens is 404 g/mol. The maximum Gasteiger partial charge on any atom is 0.272 e. The summed E-state index contributed by atoms with van der Waals surface area (Å²) in [6.07, 6.45) is 5.12. The van der Waals surface area contributed by atoms with Gasteiger partial charge in [0.2, 0.25) is 0 Å². The molecule has 0 saturated heterocycles. The van der Waals surface area contributed by atoms with E-state index in [-0.39, 0.29) is 18.2 Å². The number of fused-ring (bicyclic) bond motifs is 1. The predicted octanol–water partition coefficient (Wildman–Crippen LogP) is 3.25. The fraction of sp³-hybridized carbons (Fsp3) is 0.250. The van der Waals surface area contributed by atoms with Crippen molar-refractivity contribution in [2.45, 2.75) is 31.9 Å². The van der Waals surface area contributed by atoms with Crippen LogP contribution in [0.1, 0.15) is 30.5 Å². The van der Waals surface area contributed by atoms with Gasteiger partial charge in [-0.05, 0) is 43.0 Å². The number of nitriles is 1. The van der Waals surface area contributed by atoms with Gasteiger partial charge in [0, 0.05) is 30.1 Å². The maximum absolute atomic E-state index is 12.2. The van der Waals surface area contributed by atoms with Crippen LogP contribution < -0.4 is 16.0 Å². The zero-order valence-electron chi connectivity index (χ0n) is 17.6. The number of nitrogens with one attached hydrogen (secondary N) is 1. The number of rotatable bonds is 5. The number of ether oxygens (including phenoxy) is 1. The fourth-order valence-corrected chi connectivity index (χ4v) is 4.12.